The van der Waals surface area contributed by atoms with Crippen LogP contribution < -0.4 is 4.74 Å². The van der Waals surface area contributed by atoms with Crippen LogP contribution >= 0.6 is 0 Å². The van der Waals surface area contributed by atoms with Crippen LogP contribution in [0.3, 0.4) is 0 Å². The molecule has 1 heterocycles. The Morgan fingerprint density at radius 2 is 1.83 bits per heavy atom. The van der Waals surface area contributed by atoms with Crippen molar-refractivity contribution in [2.75, 3.05) is 7.11 Å². The van der Waals surface area contributed by atoms with Gasteiger partial charge in [-0.2, -0.15) is 0 Å². The molecule has 0 aliphatic rings. The van der Waals surface area contributed by atoms with E-state index in [1.807, 2.05) is 24.3 Å². The van der Waals surface area contributed by atoms with E-state index in [2.05, 4.69) is 15.4 Å². The molecule has 0 bridgehead atoms. The van der Waals surface area contributed by atoms with Crippen LogP contribution in [0.1, 0.15) is 11.5 Å². The second kappa shape index (κ2) is 7.36. The third-order valence-corrected chi connectivity index (χ3v) is 3.14. The van der Waals surface area contributed by atoms with E-state index in [1.54, 1.807) is 25.5 Å². The highest BCUT2D eigenvalue weighted by Gasteiger charge is 2.08. The van der Waals surface area contributed by atoms with E-state index in [1.165, 1.54) is 12.1 Å². The lowest BCUT2D eigenvalue weighted by Crippen LogP contribution is -1.89. The van der Waals surface area contributed by atoms with Gasteiger partial charge in [-0.1, -0.05) is 5.16 Å². The molecule has 122 valence electrons. The highest BCUT2D eigenvalue weighted by Crippen LogP contribution is 2.18. The van der Waals surface area contributed by atoms with Gasteiger partial charge >= 0.3 is 0 Å². The molecule has 0 amide bonds. The Hall–Kier alpha value is -3.22. The molecule has 0 radical (unpaired) electrons. The summed E-state index contributed by atoms with van der Waals surface area (Å²) in [6, 6.07) is 13.1. The largest absolute Gasteiger partial charge is 0.497 e. The van der Waals surface area contributed by atoms with Crippen molar-refractivity contribution >= 4 is 6.21 Å². The van der Waals surface area contributed by atoms with Crippen LogP contribution in [-0.4, -0.2) is 23.5 Å². The van der Waals surface area contributed by atoms with Crippen molar-refractivity contribution in [3.05, 3.63) is 65.8 Å². The first kappa shape index (κ1) is 15.7. The van der Waals surface area contributed by atoms with Crippen molar-refractivity contribution in [2.45, 2.75) is 6.61 Å². The first-order valence-corrected chi connectivity index (χ1v) is 7.12. The summed E-state index contributed by atoms with van der Waals surface area (Å²) < 4.78 is 23.4. The number of hydrogen-bond donors (Lipinski definition) is 0. The van der Waals surface area contributed by atoms with E-state index in [0.717, 1.165) is 11.3 Å². The monoisotopic (exact) mass is 327 g/mol. The maximum absolute atomic E-state index is 12.9. The molecule has 0 aliphatic carbocycles. The van der Waals surface area contributed by atoms with Crippen molar-refractivity contribution in [2.24, 2.45) is 5.16 Å². The lowest BCUT2D eigenvalue weighted by Gasteiger charge is -1.98. The maximum Gasteiger partial charge on any atom is 0.257 e. The Kier molecular flexibility index (Phi) is 4.81. The molecule has 0 spiro atoms. The zero-order chi connectivity index (χ0) is 16.8. The average Bonchev–Trinajstić information content (AvgIpc) is 3.09. The Morgan fingerprint density at radius 1 is 1.08 bits per heavy atom. The summed E-state index contributed by atoms with van der Waals surface area (Å²) in [4.78, 5) is 5.13. The number of hydrogen-bond acceptors (Lipinski definition) is 6. The molecule has 1 aromatic heterocycles. The van der Waals surface area contributed by atoms with Crippen molar-refractivity contribution in [1.82, 2.24) is 10.2 Å². The summed E-state index contributed by atoms with van der Waals surface area (Å²) in [5.74, 6) is 1.02. The van der Waals surface area contributed by atoms with E-state index in [-0.39, 0.29) is 18.3 Å². The van der Waals surface area contributed by atoms with Crippen molar-refractivity contribution < 1.29 is 18.4 Å². The van der Waals surface area contributed by atoms with Crippen molar-refractivity contribution in [3.8, 4) is 17.2 Å². The van der Waals surface area contributed by atoms with Crippen LogP contribution in [0, 0.1) is 5.82 Å². The van der Waals surface area contributed by atoms with Gasteiger partial charge in [-0.05, 0) is 54.1 Å². The van der Waals surface area contributed by atoms with Gasteiger partial charge in [0.15, 0.2) is 6.61 Å². The van der Waals surface area contributed by atoms with Crippen LogP contribution in [0.15, 0.2) is 58.1 Å². The first-order valence-electron chi connectivity index (χ1n) is 7.12. The fourth-order valence-corrected chi connectivity index (χ4v) is 1.90. The van der Waals surface area contributed by atoms with Gasteiger partial charge in [-0.15, -0.1) is 10.2 Å². The molecular formula is C17H14FN3O3. The molecule has 0 atom stereocenters. The van der Waals surface area contributed by atoms with Crippen LogP contribution in [0.4, 0.5) is 4.39 Å². The number of oxime groups is 1. The minimum atomic E-state index is -0.324. The molecule has 0 fully saturated rings. The quantitative estimate of drug-likeness (QED) is 0.512. The summed E-state index contributed by atoms with van der Waals surface area (Å²) in [5.41, 5.74) is 1.50. The molecule has 7 heteroatoms. The maximum atomic E-state index is 12.9. The van der Waals surface area contributed by atoms with Gasteiger partial charge in [0.25, 0.3) is 5.89 Å². The van der Waals surface area contributed by atoms with Crippen LogP contribution in [-0.2, 0) is 11.4 Å². The molecule has 0 saturated carbocycles. The van der Waals surface area contributed by atoms with Gasteiger partial charge in [-0.3, -0.25) is 0 Å². The molecule has 2 aromatic carbocycles. The molecule has 24 heavy (non-hydrogen) atoms. The van der Waals surface area contributed by atoms with E-state index in [0.29, 0.717) is 11.5 Å². The number of methoxy groups -OCH3 is 1. The van der Waals surface area contributed by atoms with Crippen LogP contribution in [0.2, 0.25) is 0 Å². The minimum absolute atomic E-state index is 0.0425. The van der Waals surface area contributed by atoms with E-state index < -0.39 is 0 Å². The molecule has 0 N–H and O–H groups in total. The standard InChI is InChI=1S/C17H14FN3O3/c1-22-15-8-2-12(3-9-15)10-19-23-11-16-20-21-17(24-16)13-4-6-14(18)7-5-13/h2-10H,11H2,1H3/b19-10+. The Balaban J connectivity index is 1.55. The Morgan fingerprint density at radius 3 is 2.54 bits per heavy atom. The van der Waals surface area contributed by atoms with Crippen molar-refractivity contribution in [3.63, 3.8) is 0 Å². The highest BCUT2D eigenvalue weighted by molar-refractivity contribution is 5.79. The second-order valence-corrected chi connectivity index (χ2v) is 4.79. The summed E-state index contributed by atoms with van der Waals surface area (Å²) in [6.07, 6.45) is 1.57. The topological polar surface area (TPSA) is 69.7 Å². The number of halogens is 1. The predicted octanol–water partition coefficient (Wildman–Crippen LogP) is 3.44. The molecule has 3 aromatic rings. The van der Waals surface area contributed by atoms with Gasteiger partial charge in [-0.25, -0.2) is 4.39 Å². The van der Waals surface area contributed by atoms with E-state index in [4.69, 9.17) is 14.0 Å². The fraction of sp³-hybridized carbons (Fsp3) is 0.118. The third kappa shape index (κ3) is 3.95. The number of benzene rings is 2. The summed E-state index contributed by atoms with van der Waals surface area (Å²) in [7, 11) is 1.61. The lowest BCUT2D eigenvalue weighted by molar-refractivity contribution is 0.112. The van der Waals surface area contributed by atoms with Gasteiger partial charge in [0.05, 0.1) is 13.3 Å². The minimum Gasteiger partial charge on any atom is -0.497 e. The van der Waals surface area contributed by atoms with Gasteiger partial charge in [0.1, 0.15) is 11.6 Å². The predicted molar refractivity (Wildman–Crippen MR) is 85.1 cm³/mol. The molecule has 0 unspecified atom stereocenters. The number of ether oxygens (including phenoxy) is 1. The lowest BCUT2D eigenvalue weighted by atomic mass is 10.2. The van der Waals surface area contributed by atoms with Gasteiger partial charge in [0.2, 0.25) is 5.89 Å². The average molecular weight is 327 g/mol. The molecule has 6 nitrogen and oxygen atoms in total. The fourth-order valence-electron chi connectivity index (χ4n) is 1.90. The first-order chi connectivity index (χ1) is 11.7. The van der Waals surface area contributed by atoms with Crippen LogP contribution in [0.25, 0.3) is 11.5 Å². The number of rotatable bonds is 6. The number of nitrogens with zero attached hydrogens (tertiary/aromatic N) is 3. The Bertz CT molecular complexity index is 814. The zero-order valence-electron chi connectivity index (χ0n) is 12.8. The summed E-state index contributed by atoms with van der Waals surface area (Å²) in [6.45, 7) is 0.0425. The molecular weight excluding hydrogens is 313 g/mol. The Labute approximate surface area is 137 Å². The van der Waals surface area contributed by atoms with Crippen LogP contribution in [0.5, 0.6) is 5.75 Å². The third-order valence-electron chi connectivity index (χ3n) is 3.14. The highest BCUT2D eigenvalue weighted by atomic mass is 19.1. The molecule has 0 aliphatic heterocycles. The zero-order valence-corrected chi connectivity index (χ0v) is 12.8. The van der Waals surface area contributed by atoms with E-state index in [9.17, 15) is 4.39 Å². The SMILES string of the molecule is COc1ccc(/C=N/OCc2nnc(-c3ccc(F)cc3)o2)cc1. The number of aromatic nitrogens is 2. The van der Waals surface area contributed by atoms with Gasteiger partial charge < -0.3 is 14.0 Å². The molecule has 0 saturated heterocycles. The summed E-state index contributed by atoms with van der Waals surface area (Å²) in [5, 5.41) is 11.6. The summed E-state index contributed by atoms with van der Waals surface area (Å²) >= 11 is 0. The smallest absolute Gasteiger partial charge is 0.257 e. The van der Waals surface area contributed by atoms with Crippen molar-refractivity contribution in [1.29, 1.82) is 0 Å². The molecule has 3 rings (SSSR count). The van der Waals surface area contributed by atoms with E-state index >= 15 is 0 Å². The van der Waals surface area contributed by atoms with Gasteiger partial charge in [0, 0.05) is 5.56 Å². The normalized spacial score (nSPS) is 10.9. The second-order valence-electron chi connectivity index (χ2n) is 4.79.